The molecule has 0 radical (unpaired) electrons. The third-order valence-corrected chi connectivity index (χ3v) is 9.41. The van der Waals surface area contributed by atoms with E-state index in [-0.39, 0.29) is 23.6 Å². The van der Waals surface area contributed by atoms with Crippen molar-refractivity contribution in [1.29, 1.82) is 0 Å². The number of methoxy groups -OCH3 is 1. The van der Waals surface area contributed by atoms with E-state index in [1.54, 1.807) is 6.08 Å². The van der Waals surface area contributed by atoms with E-state index in [4.69, 9.17) is 34.8 Å². The van der Waals surface area contributed by atoms with Crippen LogP contribution < -0.4 is 0 Å². The molecule has 2 saturated heterocycles. The Kier molecular flexibility index (Phi) is 5.29. The number of nitrogens with zero attached hydrogens (tertiary/aromatic N) is 2. The maximum Gasteiger partial charge on any atom is 0.423 e. The lowest BCUT2D eigenvalue weighted by Crippen LogP contribution is -2.60. The van der Waals surface area contributed by atoms with Gasteiger partial charge in [-0.15, -0.1) is 23.2 Å². The number of halogens is 3. The molecule has 3 fully saturated rings. The van der Waals surface area contributed by atoms with Gasteiger partial charge in [0.15, 0.2) is 9.75 Å². The van der Waals surface area contributed by atoms with E-state index in [9.17, 15) is 29.1 Å². The zero-order chi connectivity index (χ0) is 25.6. The second-order valence-electron chi connectivity index (χ2n) is 9.19. The van der Waals surface area contributed by atoms with Crippen molar-refractivity contribution in [3.8, 4) is 5.75 Å². The molecule has 5 amide bonds. The van der Waals surface area contributed by atoms with Gasteiger partial charge in [-0.3, -0.25) is 24.1 Å². The van der Waals surface area contributed by atoms with Gasteiger partial charge in [-0.25, -0.2) is 4.79 Å². The van der Waals surface area contributed by atoms with Crippen LogP contribution in [0.1, 0.15) is 24.3 Å². The monoisotopic (exact) mass is 540 g/mol. The number of alkyl halides is 2. The maximum absolute atomic E-state index is 13.4. The topological polar surface area (TPSA) is 121 Å². The molecule has 6 atom stereocenters. The fraction of sp³-hybridized carbons (Fsp3) is 0.435. The fourth-order valence-corrected chi connectivity index (χ4v) is 7.41. The van der Waals surface area contributed by atoms with E-state index >= 15 is 0 Å². The molecule has 5 rings (SSSR count). The van der Waals surface area contributed by atoms with Gasteiger partial charge in [-0.2, -0.15) is 4.90 Å². The molecule has 2 aliphatic carbocycles. The van der Waals surface area contributed by atoms with Gasteiger partial charge in [0, 0.05) is 18.0 Å². The van der Waals surface area contributed by atoms with Gasteiger partial charge >= 0.3 is 6.09 Å². The van der Waals surface area contributed by atoms with Crippen molar-refractivity contribution >= 4 is 64.5 Å². The van der Waals surface area contributed by atoms with E-state index < -0.39 is 63.1 Å². The molecule has 1 aromatic rings. The van der Waals surface area contributed by atoms with Crippen molar-refractivity contribution in [3.63, 3.8) is 0 Å². The van der Waals surface area contributed by atoms with Crippen molar-refractivity contribution in [1.82, 2.24) is 9.80 Å². The second kappa shape index (κ2) is 7.69. The first-order valence-corrected chi connectivity index (χ1v) is 11.9. The molecular formula is C23H19Cl3N2O7. The average molecular weight is 542 g/mol. The molecule has 12 heteroatoms. The minimum atomic E-state index is -1.98. The van der Waals surface area contributed by atoms with Gasteiger partial charge < -0.3 is 9.84 Å². The number of likely N-dealkylation sites (tertiary alicyclic amines) is 2. The van der Waals surface area contributed by atoms with Crippen LogP contribution in [0.4, 0.5) is 4.79 Å². The third-order valence-electron chi connectivity index (χ3n) is 7.67. The summed E-state index contributed by atoms with van der Waals surface area (Å²) in [5.41, 5.74) is 0.853. The van der Waals surface area contributed by atoms with Crippen LogP contribution in [0.5, 0.6) is 5.75 Å². The molecule has 1 aromatic carbocycles. The summed E-state index contributed by atoms with van der Waals surface area (Å²) in [5.74, 6) is -6.75. The minimum absolute atomic E-state index is 0.0810. The van der Waals surface area contributed by atoms with Crippen LogP contribution in [0.25, 0.3) is 0 Å². The first kappa shape index (κ1) is 24.1. The van der Waals surface area contributed by atoms with Gasteiger partial charge in [-0.05, 0) is 36.5 Å². The Morgan fingerprint density at radius 2 is 1.80 bits per heavy atom. The highest BCUT2D eigenvalue weighted by atomic mass is 35.5. The number of allylic oxidation sites excluding steroid dienone is 2. The zero-order valence-electron chi connectivity index (χ0n) is 18.5. The highest BCUT2D eigenvalue weighted by molar-refractivity contribution is 6.53. The fourth-order valence-electron chi connectivity index (χ4n) is 6.11. The quantitative estimate of drug-likeness (QED) is 0.330. The van der Waals surface area contributed by atoms with Gasteiger partial charge in [0.2, 0.25) is 11.8 Å². The van der Waals surface area contributed by atoms with E-state index in [1.807, 2.05) is 0 Å². The van der Waals surface area contributed by atoms with E-state index in [0.29, 0.717) is 16.0 Å². The Morgan fingerprint density at radius 1 is 1.11 bits per heavy atom. The first-order chi connectivity index (χ1) is 16.4. The normalized spacial score (nSPS) is 36.1. The molecule has 4 aliphatic rings. The molecule has 2 heterocycles. The molecule has 2 aliphatic heterocycles. The number of carbonyl (C=O) groups is 5. The first-order valence-electron chi connectivity index (χ1n) is 10.7. The van der Waals surface area contributed by atoms with Crippen molar-refractivity contribution < 1.29 is 33.8 Å². The van der Waals surface area contributed by atoms with Crippen molar-refractivity contribution in [3.05, 3.63) is 40.4 Å². The Labute approximate surface area is 214 Å². The summed E-state index contributed by atoms with van der Waals surface area (Å²) >= 11 is 20.5. The number of amides is 5. The maximum atomic E-state index is 13.4. The summed E-state index contributed by atoms with van der Waals surface area (Å²) in [5, 5.41) is 9.96. The van der Waals surface area contributed by atoms with Crippen LogP contribution in [0.15, 0.2) is 29.8 Å². The van der Waals surface area contributed by atoms with Crippen LogP contribution >= 0.6 is 34.8 Å². The largest absolute Gasteiger partial charge is 0.508 e. The van der Waals surface area contributed by atoms with E-state index in [1.165, 1.54) is 25.2 Å². The van der Waals surface area contributed by atoms with Gasteiger partial charge in [0.1, 0.15) is 5.75 Å². The third kappa shape index (κ3) is 2.86. The van der Waals surface area contributed by atoms with Gasteiger partial charge in [-0.1, -0.05) is 29.3 Å². The smallest absolute Gasteiger partial charge is 0.423 e. The standard InChI is InChI=1S/C23H19Cl3N2O7/c1-27-19(32)22(25)8-13-10(5-6-12-15(13)18(31)28(17(12)30)21(34)35-2)16(23(22,26)20(27)33)11-4-3-9(29)7-14(11)24/h3-5,7,12-13,15-16,29H,6,8H2,1-2H3/t12-,13+,15-,16+,22+,23-/m0/s1. The summed E-state index contributed by atoms with van der Waals surface area (Å²) in [4.78, 5) is 62.6. The molecule has 0 aromatic heterocycles. The molecule has 0 bridgehead atoms. The minimum Gasteiger partial charge on any atom is -0.508 e. The molecule has 1 N–H and O–H groups in total. The number of phenolic OH excluding ortho intramolecular Hbond substituents is 1. The predicted molar refractivity (Wildman–Crippen MR) is 123 cm³/mol. The number of carbonyl (C=O) groups excluding carboxylic acids is 5. The zero-order valence-corrected chi connectivity index (χ0v) is 20.7. The number of benzene rings is 1. The van der Waals surface area contributed by atoms with Crippen molar-refractivity contribution in [2.45, 2.75) is 28.5 Å². The van der Waals surface area contributed by atoms with Crippen LogP contribution in [-0.4, -0.2) is 68.5 Å². The Bertz CT molecular complexity index is 1270. The van der Waals surface area contributed by atoms with Crippen LogP contribution in [0.2, 0.25) is 5.02 Å². The Balaban J connectivity index is 1.73. The van der Waals surface area contributed by atoms with Gasteiger partial charge in [0.05, 0.1) is 18.9 Å². The number of imide groups is 4. The van der Waals surface area contributed by atoms with Crippen molar-refractivity contribution in [2.24, 2.45) is 17.8 Å². The Morgan fingerprint density at radius 3 is 2.43 bits per heavy atom. The summed E-state index contributed by atoms with van der Waals surface area (Å²) in [7, 11) is 2.34. The molecule has 184 valence electrons. The lowest BCUT2D eigenvalue weighted by molar-refractivity contribution is -0.139. The summed E-state index contributed by atoms with van der Waals surface area (Å²) in [6.45, 7) is 0. The average Bonchev–Trinajstić information content (AvgIpc) is 3.14. The lowest BCUT2D eigenvalue weighted by Gasteiger charge is -2.51. The number of rotatable bonds is 1. The summed E-state index contributed by atoms with van der Waals surface area (Å²) in [6.07, 6.45) is 0.507. The molecule has 35 heavy (non-hydrogen) atoms. The number of hydrogen-bond acceptors (Lipinski definition) is 7. The summed E-state index contributed by atoms with van der Waals surface area (Å²) < 4.78 is 4.62. The number of ether oxygens (including phenoxy) is 1. The lowest BCUT2D eigenvalue weighted by atomic mass is 9.56. The van der Waals surface area contributed by atoms with Gasteiger partial charge in [0.25, 0.3) is 11.8 Å². The highest BCUT2D eigenvalue weighted by Crippen LogP contribution is 2.65. The van der Waals surface area contributed by atoms with Crippen LogP contribution in [-0.2, 0) is 23.9 Å². The second-order valence-corrected chi connectivity index (χ2v) is 10.8. The number of phenols is 1. The Hall–Kier alpha value is -2.62. The van der Waals surface area contributed by atoms with E-state index in [0.717, 1.165) is 12.0 Å². The molecular weight excluding hydrogens is 523 g/mol. The van der Waals surface area contributed by atoms with Crippen LogP contribution in [0.3, 0.4) is 0 Å². The van der Waals surface area contributed by atoms with Crippen LogP contribution in [0, 0.1) is 17.8 Å². The molecule has 9 nitrogen and oxygen atoms in total. The predicted octanol–water partition coefficient (Wildman–Crippen LogP) is 2.80. The van der Waals surface area contributed by atoms with Crippen molar-refractivity contribution in [2.75, 3.05) is 14.2 Å². The number of fused-ring (bicyclic) bond motifs is 4. The number of hydrogen-bond donors (Lipinski definition) is 1. The summed E-state index contributed by atoms with van der Waals surface area (Å²) in [6, 6.07) is 4.12. The molecule has 0 spiro atoms. The molecule has 1 saturated carbocycles. The van der Waals surface area contributed by atoms with E-state index in [2.05, 4.69) is 4.74 Å². The highest BCUT2D eigenvalue weighted by Gasteiger charge is 2.76. The SMILES string of the molecule is COC(=O)N1C(=O)[C@H]2[C@H](CC=C3[C@H]2C[C@@]2(Cl)C(=O)N(C)C(=O)[C@@]2(Cl)[C@H]3c2ccc(O)cc2Cl)C1=O. The number of aromatic hydroxyl groups is 1. The molecule has 0 unspecified atom stereocenters.